The first-order valence-corrected chi connectivity index (χ1v) is 7.75. The minimum atomic E-state index is 0.593. The maximum absolute atomic E-state index is 5.51. The molecule has 112 valence electrons. The van der Waals surface area contributed by atoms with Crippen molar-refractivity contribution in [1.29, 1.82) is 0 Å². The molecule has 2 rings (SSSR count). The molecule has 0 aromatic carbocycles. The normalized spacial score (nSPS) is 18.8. The molecular weight excluding hydrogens is 252 g/mol. The Kier molecular flexibility index (Phi) is 6.05. The van der Waals surface area contributed by atoms with Crippen LogP contribution < -0.4 is 10.6 Å². The van der Waals surface area contributed by atoms with E-state index in [-0.39, 0.29) is 0 Å². The van der Waals surface area contributed by atoms with Crippen LogP contribution in [0.25, 0.3) is 0 Å². The first-order valence-electron chi connectivity index (χ1n) is 7.75. The summed E-state index contributed by atoms with van der Waals surface area (Å²) in [5.41, 5.74) is 0. The van der Waals surface area contributed by atoms with Crippen molar-refractivity contribution in [2.24, 2.45) is 5.92 Å². The smallest absolute Gasteiger partial charge is 0.132 e. The third-order valence-electron chi connectivity index (χ3n) is 3.47. The van der Waals surface area contributed by atoms with Gasteiger partial charge in [-0.05, 0) is 25.2 Å². The molecule has 1 saturated heterocycles. The van der Waals surface area contributed by atoms with E-state index in [4.69, 9.17) is 4.74 Å². The number of anilines is 2. The third-order valence-corrected chi connectivity index (χ3v) is 3.47. The molecule has 1 aromatic heterocycles. The lowest BCUT2D eigenvalue weighted by Gasteiger charge is -2.22. The zero-order chi connectivity index (χ0) is 14.2. The summed E-state index contributed by atoms with van der Waals surface area (Å²) < 4.78 is 5.51. The highest BCUT2D eigenvalue weighted by Gasteiger charge is 2.14. The van der Waals surface area contributed by atoms with Crippen molar-refractivity contribution < 1.29 is 4.74 Å². The molecule has 1 aliphatic heterocycles. The maximum atomic E-state index is 5.51. The highest BCUT2D eigenvalue weighted by Crippen LogP contribution is 2.16. The lowest BCUT2D eigenvalue weighted by atomic mass is 10.0. The molecule has 2 heterocycles. The Morgan fingerprint density at radius 3 is 2.70 bits per heavy atom. The second-order valence-electron chi connectivity index (χ2n) is 5.30. The molecule has 20 heavy (non-hydrogen) atoms. The second-order valence-corrected chi connectivity index (χ2v) is 5.30. The van der Waals surface area contributed by atoms with E-state index in [9.17, 15) is 0 Å². The average molecular weight is 278 g/mol. The van der Waals surface area contributed by atoms with Crippen molar-refractivity contribution in [2.45, 2.75) is 39.5 Å². The van der Waals surface area contributed by atoms with Gasteiger partial charge < -0.3 is 15.4 Å². The minimum Gasteiger partial charge on any atom is -0.381 e. The Balaban J connectivity index is 1.94. The minimum absolute atomic E-state index is 0.593. The van der Waals surface area contributed by atoms with Gasteiger partial charge in [0.2, 0.25) is 0 Å². The van der Waals surface area contributed by atoms with Crippen LogP contribution in [-0.2, 0) is 11.2 Å². The van der Waals surface area contributed by atoms with Gasteiger partial charge >= 0.3 is 0 Å². The SMILES string of the molecule is CCCNc1cc(NCC2CCCOC2)nc(CC)n1. The van der Waals surface area contributed by atoms with Crippen molar-refractivity contribution in [2.75, 3.05) is 36.9 Å². The molecule has 5 heteroatoms. The van der Waals surface area contributed by atoms with Crippen LogP contribution in [0.15, 0.2) is 6.07 Å². The molecule has 0 aliphatic carbocycles. The van der Waals surface area contributed by atoms with Crippen molar-refractivity contribution in [3.8, 4) is 0 Å². The van der Waals surface area contributed by atoms with Crippen molar-refractivity contribution in [3.63, 3.8) is 0 Å². The molecule has 0 amide bonds. The predicted molar refractivity (Wildman–Crippen MR) is 82.2 cm³/mol. The van der Waals surface area contributed by atoms with Crippen molar-refractivity contribution >= 4 is 11.6 Å². The summed E-state index contributed by atoms with van der Waals surface area (Å²) in [7, 11) is 0. The number of nitrogens with zero attached hydrogens (tertiary/aromatic N) is 2. The molecule has 1 atom stereocenters. The number of hydrogen-bond acceptors (Lipinski definition) is 5. The third kappa shape index (κ3) is 4.63. The largest absolute Gasteiger partial charge is 0.381 e. The van der Waals surface area contributed by atoms with Gasteiger partial charge in [0.1, 0.15) is 17.5 Å². The van der Waals surface area contributed by atoms with Gasteiger partial charge in [0, 0.05) is 32.2 Å². The highest BCUT2D eigenvalue weighted by atomic mass is 16.5. The Morgan fingerprint density at radius 2 is 2.05 bits per heavy atom. The molecule has 1 fully saturated rings. The zero-order valence-electron chi connectivity index (χ0n) is 12.6. The molecule has 1 aromatic rings. The van der Waals surface area contributed by atoms with Gasteiger partial charge in [0.25, 0.3) is 0 Å². The molecule has 1 aliphatic rings. The summed E-state index contributed by atoms with van der Waals surface area (Å²) in [4.78, 5) is 9.04. The fraction of sp³-hybridized carbons (Fsp3) is 0.733. The monoisotopic (exact) mass is 278 g/mol. The van der Waals surface area contributed by atoms with Crippen LogP contribution in [0.5, 0.6) is 0 Å². The van der Waals surface area contributed by atoms with E-state index in [1.807, 2.05) is 6.07 Å². The van der Waals surface area contributed by atoms with Crippen molar-refractivity contribution in [3.05, 3.63) is 11.9 Å². The lowest BCUT2D eigenvalue weighted by Crippen LogP contribution is -2.24. The fourth-order valence-electron chi connectivity index (χ4n) is 2.31. The topological polar surface area (TPSA) is 59.1 Å². The Labute approximate surface area is 121 Å². The van der Waals surface area contributed by atoms with E-state index in [0.29, 0.717) is 5.92 Å². The molecule has 2 N–H and O–H groups in total. The van der Waals surface area contributed by atoms with Crippen LogP contribution in [0, 0.1) is 5.92 Å². The summed E-state index contributed by atoms with van der Waals surface area (Å²) in [6.45, 7) is 7.87. The molecule has 0 bridgehead atoms. The van der Waals surface area contributed by atoms with Crippen LogP contribution in [-0.4, -0.2) is 36.3 Å². The maximum Gasteiger partial charge on any atom is 0.132 e. The standard InChI is InChI=1S/C15H26N4O/c1-3-7-16-14-9-15(19-13(4-2)18-14)17-10-12-6-5-8-20-11-12/h9,12H,3-8,10-11H2,1-2H3,(H2,16,17,18,19). The molecular formula is C15H26N4O. The summed E-state index contributed by atoms with van der Waals surface area (Å²) in [6.07, 6.45) is 4.34. The van der Waals surface area contributed by atoms with E-state index < -0.39 is 0 Å². The lowest BCUT2D eigenvalue weighted by molar-refractivity contribution is 0.0595. The Morgan fingerprint density at radius 1 is 1.25 bits per heavy atom. The number of aryl methyl sites for hydroxylation is 1. The second kappa shape index (κ2) is 8.04. The average Bonchev–Trinajstić information content (AvgIpc) is 2.51. The first-order chi connectivity index (χ1) is 9.81. The van der Waals surface area contributed by atoms with Gasteiger partial charge in [0.15, 0.2) is 0 Å². The van der Waals surface area contributed by atoms with Gasteiger partial charge in [-0.1, -0.05) is 13.8 Å². The highest BCUT2D eigenvalue weighted by molar-refractivity contribution is 5.47. The number of rotatable bonds is 7. The molecule has 1 unspecified atom stereocenters. The summed E-state index contributed by atoms with van der Waals surface area (Å²) in [5, 5.41) is 6.77. The van der Waals surface area contributed by atoms with Crippen molar-refractivity contribution in [1.82, 2.24) is 9.97 Å². The van der Waals surface area contributed by atoms with Gasteiger partial charge in [-0.15, -0.1) is 0 Å². The fourth-order valence-corrected chi connectivity index (χ4v) is 2.31. The number of ether oxygens (including phenoxy) is 1. The predicted octanol–water partition coefficient (Wildman–Crippen LogP) is 2.70. The van der Waals surface area contributed by atoms with E-state index in [1.54, 1.807) is 0 Å². The van der Waals surface area contributed by atoms with Gasteiger partial charge in [0.05, 0.1) is 6.61 Å². The molecule has 0 radical (unpaired) electrons. The van der Waals surface area contributed by atoms with Gasteiger partial charge in [-0.3, -0.25) is 0 Å². The van der Waals surface area contributed by atoms with Crippen LogP contribution in [0.1, 0.15) is 38.9 Å². The van der Waals surface area contributed by atoms with Crippen LogP contribution >= 0.6 is 0 Å². The van der Waals surface area contributed by atoms with Gasteiger partial charge in [-0.25, -0.2) is 9.97 Å². The number of hydrogen-bond donors (Lipinski definition) is 2. The first kappa shape index (κ1) is 15.0. The zero-order valence-corrected chi connectivity index (χ0v) is 12.6. The number of aromatic nitrogens is 2. The quantitative estimate of drug-likeness (QED) is 0.803. The Hall–Kier alpha value is -1.36. The molecule has 5 nitrogen and oxygen atoms in total. The molecule has 0 saturated carbocycles. The van der Waals surface area contributed by atoms with Crippen LogP contribution in [0.4, 0.5) is 11.6 Å². The Bertz CT molecular complexity index is 405. The number of nitrogens with one attached hydrogen (secondary N) is 2. The van der Waals surface area contributed by atoms with E-state index in [2.05, 4.69) is 34.4 Å². The van der Waals surface area contributed by atoms with Crippen LogP contribution in [0.3, 0.4) is 0 Å². The van der Waals surface area contributed by atoms with Gasteiger partial charge in [-0.2, -0.15) is 0 Å². The van der Waals surface area contributed by atoms with Crippen LogP contribution in [0.2, 0.25) is 0 Å². The summed E-state index contributed by atoms with van der Waals surface area (Å²) in [5.74, 6) is 3.31. The van der Waals surface area contributed by atoms with E-state index >= 15 is 0 Å². The van der Waals surface area contributed by atoms with E-state index in [0.717, 1.165) is 56.6 Å². The summed E-state index contributed by atoms with van der Waals surface area (Å²) >= 11 is 0. The summed E-state index contributed by atoms with van der Waals surface area (Å²) in [6, 6.07) is 2.00. The van der Waals surface area contributed by atoms with E-state index in [1.165, 1.54) is 12.8 Å². The molecule has 0 spiro atoms.